The van der Waals surface area contributed by atoms with Crippen molar-refractivity contribution in [2.24, 2.45) is 5.92 Å². The van der Waals surface area contributed by atoms with Gasteiger partial charge in [0.25, 0.3) is 10.0 Å². The number of sulfonamides is 1. The number of hydrogen-bond acceptors (Lipinski definition) is 5. The number of aromatic nitrogens is 1. The van der Waals surface area contributed by atoms with Crippen LogP contribution < -0.4 is 5.32 Å². The number of nitrogens with one attached hydrogen (secondary N) is 1. The lowest BCUT2D eigenvalue weighted by molar-refractivity contribution is 0.359. The van der Waals surface area contributed by atoms with E-state index in [1.165, 1.54) is 17.5 Å². The number of rotatable bonds is 6. The van der Waals surface area contributed by atoms with Crippen LogP contribution >= 0.6 is 11.3 Å². The normalized spacial score (nSPS) is 23.6. The molecule has 1 saturated heterocycles. The van der Waals surface area contributed by atoms with Crippen molar-refractivity contribution >= 4 is 21.4 Å². The molecule has 3 rings (SSSR count). The standard InChI is InChI=1S/C13H21N3O2S2/c1-10-15-7-13(19-10)20(17,18)16(8-11-4-5-11)9-12-3-2-6-14-12/h7,11-12,14H,2-6,8-9H2,1H3. The maximum atomic E-state index is 12.8. The number of hydrogen-bond donors (Lipinski definition) is 1. The van der Waals surface area contributed by atoms with E-state index >= 15 is 0 Å². The van der Waals surface area contributed by atoms with Gasteiger partial charge < -0.3 is 5.32 Å². The third-order valence-corrected chi connectivity index (χ3v) is 7.12. The van der Waals surface area contributed by atoms with Gasteiger partial charge >= 0.3 is 0 Å². The summed E-state index contributed by atoms with van der Waals surface area (Å²) in [5, 5.41) is 4.19. The van der Waals surface area contributed by atoms with Gasteiger partial charge in [0.1, 0.15) is 0 Å². The molecule has 1 unspecified atom stereocenters. The van der Waals surface area contributed by atoms with Crippen molar-refractivity contribution in [3.8, 4) is 0 Å². The molecule has 1 aromatic rings. The third kappa shape index (κ3) is 3.21. The van der Waals surface area contributed by atoms with E-state index < -0.39 is 10.0 Å². The van der Waals surface area contributed by atoms with Gasteiger partial charge in [0, 0.05) is 19.1 Å². The van der Waals surface area contributed by atoms with Crippen LogP contribution in [0.4, 0.5) is 0 Å². The number of nitrogens with zero attached hydrogens (tertiary/aromatic N) is 2. The number of thiazole rings is 1. The second-order valence-corrected chi connectivity index (χ2v) is 9.16. The van der Waals surface area contributed by atoms with Gasteiger partial charge in [-0.15, -0.1) is 11.3 Å². The van der Waals surface area contributed by atoms with Crippen LogP contribution in [-0.2, 0) is 10.0 Å². The van der Waals surface area contributed by atoms with Crippen molar-refractivity contribution in [1.82, 2.24) is 14.6 Å². The Bertz CT molecular complexity index is 560. The number of aryl methyl sites for hydroxylation is 1. The summed E-state index contributed by atoms with van der Waals surface area (Å²) in [5.74, 6) is 0.556. The molecule has 0 spiro atoms. The second kappa shape index (κ2) is 5.71. The molecule has 0 bridgehead atoms. The molecule has 1 saturated carbocycles. The largest absolute Gasteiger partial charge is 0.313 e. The molecule has 1 N–H and O–H groups in total. The molecule has 20 heavy (non-hydrogen) atoms. The zero-order valence-electron chi connectivity index (χ0n) is 11.7. The lowest BCUT2D eigenvalue weighted by Crippen LogP contribution is -2.41. The van der Waals surface area contributed by atoms with Crippen molar-refractivity contribution in [3.63, 3.8) is 0 Å². The van der Waals surface area contributed by atoms with Crippen molar-refractivity contribution in [1.29, 1.82) is 0 Å². The monoisotopic (exact) mass is 315 g/mol. The molecule has 5 nitrogen and oxygen atoms in total. The summed E-state index contributed by atoms with van der Waals surface area (Å²) in [6.07, 6.45) is 6.02. The summed E-state index contributed by atoms with van der Waals surface area (Å²) >= 11 is 1.27. The Hall–Kier alpha value is -0.500. The molecule has 2 heterocycles. The zero-order chi connectivity index (χ0) is 14.2. The summed E-state index contributed by atoms with van der Waals surface area (Å²) in [5.41, 5.74) is 0. The summed E-state index contributed by atoms with van der Waals surface area (Å²) in [4.78, 5) is 4.09. The van der Waals surface area contributed by atoms with Gasteiger partial charge in [-0.1, -0.05) is 0 Å². The van der Waals surface area contributed by atoms with Crippen molar-refractivity contribution in [2.45, 2.75) is 42.9 Å². The van der Waals surface area contributed by atoms with E-state index in [9.17, 15) is 8.42 Å². The van der Waals surface area contributed by atoms with Crippen molar-refractivity contribution < 1.29 is 8.42 Å². The SMILES string of the molecule is Cc1ncc(S(=O)(=O)N(CC2CC2)CC2CCCN2)s1. The smallest absolute Gasteiger partial charge is 0.254 e. The van der Waals surface area contributed by atoms with Gasteiger partial charge in [0.2, 0.25) is 0 Å². The zero-order valence-corrected chi connectivity index (χ0v) is 13.3. The molecule has 1 aliphatic heterocycles. The highest BCUT2D eigenvalue weighted by Gasteiger charge is 2.34. The quantitative estimate of drug-likeness (QED) is 0.866. The first-order valence-electron chi connectivity index (χ1n) is 7.21. The molecule has 112 valence electrons. The average molecular weight is 315 g/mol. The Morgan fingerprint density at radius 3 is 2.75 bits per heavy atom. The fourth-order valence-corrected chi connectivity index (χ4v) is 5.43. The highest BCUT2D eigenvalue weighted by molar-refractivity contribution is 7.91. The van der Waals surface area contributed by atoms with Gasteiger partial charge in [-0.2, -0.15) is 4.31 Å². The minimum atomic E-state index is -3.37. The topological polar surface area (TPSA) is 62.3 Å². The fraction of sp³-hybridized carbons (Fsp3) is 0.769. The molecule has 0 amide bonds. The fourth-order valence-electron chi connectivity index (χ4n) is 2.61. The summed E-state index contributed by atoms with van der Waals surface area (Å²) in [6, 6.07) is 0.303. The predicted molar refractivity (Wildman–Crippen MR) is 79.4 cm³/mol. The van der Waals surface area contributed by atoms with Gasteiger partial charge in [-0.05, 0) is 45.1 Å². The third-order valence-electron chi connectivity index (χ3n) is 3.94. The maximum absolute atomic E-state index is 12.8. The molecule has 7 heteroatoms. The first-order chi connectivity index (χ1) is 9.55. The van der Waals surface area contributed by atoms with E-state index in [4.69, 9.17) is 0 Å². The highest BCUT2D eigenvalue weighted by atomic mass is 32.2. The Balaban J connectivity index is 1.79. The van der Waals surface area contributed by atoms with Crippen LogP contribution in [0.1, 0.15) is 30.7 Å². The lowest BCUT2D eigenvalue weighted by Gasteiger charge is -2.24. The van der Waals surface area contributed by atoms with E-state index in [0.29, 0.717) is 29.3 Å². The molecular weight excluding hydrogens is 294 g/mol. The summed E-state index contributed by atoms with van der Waals surface area (Å²) in [6.45, 7) is 4.10. The van der Waals surface area contributed by atoms with Crippen LogP contribution in [-0.4, -0.2) is 43.4 Å². The predicted octanol–water partition coefficient (Wildman–Crippen LogP) is 1.60. The van der Waals surface area contributed by atoms with Gasteiger partial charge in [-0.3, -0.25) is 0 Å². The Kier molecular flexibility index (Phi) is 4.12. The molecular formula is C13H21N3O2S2. The van der Waals surface area contributed by atoms with Crippen LogP contribution in [0.2, 0.25) is 0 Å². The first kappa shape index (κ1) is 14.4. The van der Waals surface area contributed by atoms with E-state index in [-0.39, 0.29) is 0 Å². The Morgan fingerprint density at radius 1 is 1.40 bits per heavy atom. The van der Waals surface area contributed by atoms with Gasteiger partial charge in [0.05, 0.1) is 11.2 Å². The molecule has 2 aliphatic rings. The average Bonchev–Trinajstić information content (AvgIpc) is 2.89. The van der Waals surface area contributed by atoms with Crippen LogP contribution in [0.3, 0.4) is 0 Å². The molecule has 1 aromatic heterocycles. The molecule has 1 atom stereocenters. The maximum Gasteiger partial charge on any atom is 0.254 e. The van der Waals surface area contributed by atoms with Crippen LogP contribution in [0.5, 0.6) is 0 Å². The minimum absolute atomic E-state index is 0.303. The molecule has 0 radical (unpaired) electrons. The first-order valence-corrected chi connectivity index (χ1v) is 9.47. The highest BCUT2D eigenvalue weighted by Crippen LogP contribution is 2.33. The molecule has 0 aromatic carbocycles. The van der Waals surface area contributed by atoms with Crippen LogP contribution in [0, 0.1) is 12.8 Å². The van der Waals surface area contributed by atoms with Crippen molar-refractivity contribution in [2.75, 3.05) is 19.6 Å². The van der Waals surface area contributed by atoms with E-state index in [0.717, 1.165) is 37.2 Å². The van der Waals surface area contributed by atoms with Gasteiger partial charge in [0.15, 0.2) is 4.21 Å². The minimum Gasteiger partial charge on any atom is -0.313 e. The Labute approximate surface area is 124 Å². The van der Waals surface area contributed by atoms with Gasteiger partial charge in [-0.25, -0.2) is 13.4 Å². The second-order valence-electron chi connectivity index (χ2n) is 5.76. The summed E-state index contributed by atoms with van der Waals surface area (Å²) in [7, 11) is -3.37. The Morgan fingerprint density at radius 2 is 2.20 bits per heavy atom. The molecule has 1 aliphatic carbocycles. The van der Waals surface area contributed by atoms with E-state index in [2.05, 4.69) is 10.3 Å². The van der Waals surface area contributed by atoms with Crippen LogP contribution in [0.15, 0.2) is 10.4 Å². The van der Waals surface area contributed by atoms with Crippen molar-refractivity contribution in [3.05, 3.63) is 11.2 Å². The van der Waals surface area contributed by atoms with E-state index in [1.807, 2.05) is 6.92 Å². The van der Waals surface area contributed by atoms with E-state index in [1.54, 1.807) is 4.31 Å². The molecule has 2 fully saturated rings. The lowest BCUT2D eigenvalue weighted by atomic mass is 10.2. The summed E-state index contributed by atoms with van der Waals surface area (Å²) < 4.78 is 27.6. The van der Waals surface area contributed by atoms with Crippen LogP contribution in [0.25, 0.3) is 0 Å².